The molecule has 0 spiro atoms. The normalized spacial score (nSPS) is 10.4. The maximum absolute atomic E-state index is 13.4. The number of benzene rings is 3. The van der Waals surface area contributed by atoms with Gasteiger partial charge in [0.1, 0.15) is 5.82 Å². The third-order valence-electron chi connectivity index (χ3n) is 4.34. The highest BCUT2D eigenvalue weighted by atomic mass is 19.1. The van der Waals surface area contributed by atoms with Crippen LogP contribution in [-0.2, 0) is 6.54 Å². The second-order valence-electron chi connectivity index (χ2n) is 6.67. The summed E-state index contributed by atoms with van der Waals surface area (Å²) in [5.41, 5.74) is 3.54. The van der Waals surface area contributed by atoms with Crippen LogP contribution in [0.25, 0.3) is 11.1 Å². The lowest BCUT2D eigenvalue weighted by Gasteiger charge is -2.11. The van der Waals surface area contributed by atoms with Crippen molar-refractivity contribution < 1.29 is 14.0 Å². The van der Waals surface area contributed by atoms with Crippen LogP contribution in [-0.4, -0.2) is 30.8 Å². The van der Waals surface area contributed by atoms with Crippen molar-refractivity contribution in [3.8, 4) is 11.1 Å². The van der Waals surface area contributed by atoms with E-state index in [0.29, 0.717) is 17.7 Å². The molecule has 142 valence electrons. The number of hydrogen-bond acceptors (Lipinski definition) is 2. The maximum atomic E-state index is 13.4. The molecule has 0 aliphatic rings. The molecule has 28 heavy (non-hydrogen) atoms. The van der Waals surface area contributed by atoms with E-state index >= 15 is 0 Å². The number of amides is 2. The lowest BCUT2D eigenvalue weighted by atomic mass is 10.0. The number of carbonyl (C=O) groups excluding carboxylic acids is 2. The number of nitrogens with zero attached hydrogens (tertiary/aromatic N) is 1. The molecule has 0 saturated heterocycles. The smallest absolute Gasteiger partial charge is 0.253 e. The van der Waals surface area contributed by atoms with Crippen molar-refractivity contribution in [1.82, 2.24) is 10.2 Å². The molecular formula is C23H21FN2O2. The highest BCUT2D eigenvalue weighted by molar-refractivity contribution is 5.95. The SMILES string of the molecule is CN(C)C(=O)c1cccc(CNC(=O)c2ccc(-c3cccc(F)c3)cc2)c1. The molecule has 4 nitrogen and oxygen atoms in total. The molecule has 5 heteroatoms. The molecule has 0 fully saturated rings. The summed E-state index contributed by atoms with van der Waals surface area (Å²) in [6.45, 7) is 0.318. The Morgan fingerprint density at radius 1 is 0.857 bits per heavy atom. The van der Waals surface area contributed by atoms with Crippen molar-refractivity contribution in [3.63, 3.8) is 0 Å². The van der Waals surface area contributed by atoms with Gasteiger partial charge in [0.2, 0.25) is 0 Å². The molecule has 0 aromatic heterocycles. The summed E-state index contributed by atoms with van der Waals surface area (Å²) >= 11 is 0. The molecule has 3 aromatic rings. The van der Waals surface area contributed by atoms with Crippen LogP contribution in [0.4, 0.5) is 4.39 Å². The molecule has 0 heterocycles. The minimum Gasteiger partial charge on any atom is -0.348 e. The Hall–Kier alpha value is -3.47. The van der Waals surface area contributed by atoms with Crippen LogP contribution in [0.5, 0.6) is 0 Å². The minimum absolute atomic E-state index is 0.0823. The molecule has 0 bridgehead atoms. The number of nitrogens with one attached hydrogen (secondary N) is 1. The van der Waals surface area contributed by atoms with Crippen molar-refractivity contribution in [2.45, 2.75) is 6.54 Å². The predicted molar refractivity (Wildman–Crippen MR) is 107 cm³/mol. The zero-order valence-electron chi connectivity index (χ0n) is 15.8. The van der Waals surface area contributed by atoms with Gasteiger partial charge in [-0.2, -0.15) is 0 Å². The summed E-state index contributed by atoms with van der Waals surface area (Å²) in [6.07, 6.45) is 0. The van der Waals surface area contributed by atoms with E-state index in [4.69, 9.17) is 0 Å². The molecule has 1 N–H and O–H groups in total. The fourth-order valence-electron chi connectivity index (χ4n) is 2.84. The van der Waals surface area contributed by atoms with Crippen LogP contribution >= 0.6 is 0 Å². The van der Waals surface area contributed by atoms with Gasteiger partial charge >= 0.3 is 0 Å². The summed E-state index contributed by atoms with van der Waals surface area (Å²) in [6, 6.07) is 20.5. The van der Waals surface area contributed by atoms with E-state index in [9.17, 15) is 14.0 Å². The average molecular weight is 376 g/mol. The predicted octanol–water partition coefficient (Wildman–Crippen LogP) is 4.12. The minimum atomic E-state index is -0.297. The van der Waals surface area contributed by atoms with Crippen LogP contribution in [0.15, 0.2) is 72.8 Å². The molecule has 0 aliphatic heterocycles. The summed E-state index contributed by atoms with van der Waals surface area (Å²) in [4.78, 5) is 26.0. The second-order valence-corrected chi connectivity index (χ2v) is 6.67. The zero-order chi connectivity index (χ0) is 20.1. The molecular weight excluding hydrogens is 355 g/mol. The van der Waals surface area contributed by atoms with Crippen LogP contribution in [0.2, 0.25) is 0 Å². The first-order valence-corrected chi connectivity index (χ1v) is 8.89. The Morgan fingerprint density at radius 3 is 2.25 bits per heavy atom. The van der Waals surface area contributed by atoms with Gasteiger partial charge in [0.25, 0.3) is 11.8 Å². The van der Waals surface area contributed by atoms with Gasteiger partial charge in [-0.3, -0.25) is 9.59 Å². The number of rotatable bonds is 5. The zero-order valence-corrected chi connectivity index (χ0v) is 15.8. The first kappa shape index (κ1) is 19.3. The fourth-order valence-corrected chi connectivity index (χ4v) is 2.84. The van der Waals surface area contributed by atoms with Crippen LogP contribution < -0.4 is 5.32 Å². The molecule has 0 radical (unpaired) electrons. The van der Waals surface area contributed by atoms with E-state index in [-0.39, 0.29) is 17.6 Å². The van der Waals surface area contributed by atoms with Crippen LogP contribution in [0, 0.1) is 5.82 Å². The quantitative estimate of drug-likeness (QED) is 0.728. The lowest BCUT2D eigenvalue weighted by molar-refractivity contribution is 0.0827. The standard InChI is InChI=1S/C23H21FN2O2/c1-26(2)23(28)20-7-3-5-16(13-20)15-25-22(27)18-11-9-17(10-12-18)19-6-4-8-21(24)14-19/h3-14H,15H2,1-2H3,(H,25,27). The second kappa shape index (κ2) is 8.48. The van der Waals surface area contributed by atoms with E-state index < -0.39 is 0 Å². The Kier molecular flexibility index (Phi) is 5.84. The van der Waals surface area contributed by atoms with Gasteiger partial charge < -0.3 is 10.2 Å². The largest absolute Gasteiger partial charge is 0.348 e. The van der Waals surface area contributed by atoms with E-state index in [0.717, 1.165) is 16.7 Å². The van der Waals surface area contributed by atoms with Crippen molar-refractivity contribution in [2.24, 2.45) is 0 Å². The van der Waals surface area contributed by atoms with Crippen molar-refractivity contribution in [2.75, 3.05) is 14.1 Å². The van der Waals surface area contributed by atoms with Crippen molar-refractivity contribution in [3.05, 3.63) is 95.3 Å². The van der Waals surface area contributed by atoms with Gasteiger partial charge in [0.05, 0.1) is 0 Å². The Morgan fingerprint density at radius 2 is 1.57 bits per heavy atom. The van der Waals surface area contributed by atoms with E-state index in [2.05, 4.69) is 5.32 Å². The maximum Gasteiger partial charge on any atom is 0.253 e. The Labute approximate surface area is 163 Å². The van der Waals surface area contributed by atoms with Gasteiger partial charge in [-0.15, -0.1) is 0 Å². The molecule has 3 aromatic carbocycles. The number of hydrogen-bond donors (Lipinski definition) is 1. The highest BCUT2D eigenvalue weighted by Crippen LogP contribution is 2.20. The van der Waals surface area contributed by atoms with Crippen molar-refractivity contribution >= 4 is 11.8 Å². The van der Waals surface area contributed by atoms with E-state index in [1.54, 1.807) is 62.6 Å². The lowest BCUT2D eigenvalue weighted by Crippen LogP contribution is -2.24. The van der Waals surface area contributed by atoms with Gasteiger partial charge in [-0.1, -0.05) is 36.4 Å². The molecule has 2 amide bonds. The number of halogens is 1. The van der Waals surface area contributed by atoms with Gasteiger partial charge in [0, 0.05) is 31.8 Å². The van der Waals surface area contributed by atoms with E-state index in [1.807, 2.05) is 12.1 Å². The number of carbonyl (C=O) groups is 2. The first-order chi connectivity index (χ1) is 13.4. The van der Waals surface area contributed by atoms with Crippen LogP contribution in [0.1, 0.15) is 26.3 Å². The van der Waals surface area contributed by atoms with E-state index in [1.165, 1.54) is 17.0 Å². The molecule has 0 unspecified atom stereocenters. The molecule has 3 rings (SSSR count). The third-order valence-corrected chi connectivity index (χ3v) is 4.34. The molecule has 0 aliphatic carbocycles. The average Bonchev–Trinajstić information content (AvgIpc) is 2.71. The summed E-state index contributed by atoms with van der Waals surface area (Å²) in [5, 5.41) is 2.86. The van der Waals surface area contributed by atoms with Gasteiger partial charge in [-0.05, 0) is 53.1 Å². The first-order valence-electron chi connectivity index (χ1n) is 8.89. The summed E-state index contributed by atoms with van der Waals surface area (Å²) in [5.74, 6) is -0.592. The molecule has 0 saturated carbocycles. The third kappa shape index (κ3) is 4.62. The fraction of sp³-hybridized carbons (Fsp3) is 0.130. The van der Waals surface area contributed by atoms with Crippen LogP contribution in [0.3, 0.4) is 0 Å². The van der Waals surface area contributed by atoms with Gasteiger partial charge in [-0.25, -0.2) is 4.39 Å². The summed E-state index contributed by atoms with van der Waals surface area (Å²) < 4.78 is 13.4. The monoisotopic (exact) mass is 376 g/mol. The highest BCUT2D eigenvalue weighted by Gasteiger charge is 2.10. The Balaban J connectivity index is 1.65. The molecule has 0 atom stereocenters. The topological polar surface area (TPSA) is 49.4 Å². The van der Waals surface area contributed by atoms with Gasteiger partial charge in [0.15, 0.2) is 0 Å². The summed E-state index contributed by atoms with van der Waals surface area (Å²) in [7, 11) is 3.40. The Bertz CT molecular complexity index is 997. The van der Waals surface area contributed by atoms with Crippen molar-refractivity contribution in [1.29, 1.82) is 0 Å².